The van der Waals surface area contributed by atoms with E-state index in [0.717, 1.165) is 44.9 Å². The molecule has 1 saturated heterocycles. The lowest BCUT2D eigenvalue weighted by molar-refractivity contribution is -0.124. The van der Waals surface area contributed by atoms with Crippen molar-refractivity contribution >= 4 is 18.0 Å². The van der Waals surface area contributed by atoms with E-state index in [-0.39, 0.29) is 18.6 Å². The number of guanidine groups is 1. The van der Waals surface area contributed by atoms with Gasteiger partial charge in [-0.1, -0.05) is 51.9 Å². The molecule has 1 atom stereocenters. The van der Waals surface area contributed by atoms with E-state index in [0.29, 0.717) is 70.0 Å². The van der Waals surface area contributed by atoms with Crippen molar-refractivity contribution in [2.75, 3.05) is 39.5 Å². The molecule has 1 heterocycles. The van der Waals surface area contributed by atoms with Gasteiger partial charge in [-0.05, 0) is 57.8 Å². The molecule has 0 aromatic heterocycles. The summed E-state index contributed by atoms with van der Waals surface area (Å²) in [6.07, 6.45) is 11.2. The SMILES string of the molecule is CCCC1CCC(C#N)(NC(=O)[C@H](CC2CCCCC2)N=C(NC(=O)OCCOC(C)C)N2CCOCC2)CC1. The number of carbonyl (C=O) groups excluding carboxylic acids is 2. The molecule has 0 spiro atoms. The molecule has 3 rings (SSSR count). The van der Waals surface area contributed by atoms with Crippen LogP contribution in [0.25, 0.3) is 0 Å². The van der Waals surface area contributed by atoms with Crippen LogP contribution >= 0.6 is 0 Å². The largest absolute Gasteiger partial charge is 0.447 e. The number of amides is 2. The van der Waals surface area contributed by atoms with Crippen molar-refractivity contribution < 1.29 is 23.8 Å². The van der Waals surface area contributed by atoms with Crippen LogP contribution in [-0.2, 0) is 19.0 Å². The van der Waals surface area contributed by atoms with Crippen LogP contribution in [-0.4, -0.2) is 80.1 Å². The fourth-order valence-electron chi connectivity index (χ4n) is 6.07. The zero-order chi connectivity index (χ0) is 28.8. The van der Waals surface area contributed by atoms with Crippen molar-refractivity contribution in [3.05, 3.63) is 0 Å². The Morgan fingerprint density at radius 2 is 1.77 bits per heavy atom. The molecule has 40 heavy (non-hydrogen) atoms. The third-order valence-corrected chi connectivity index (χ3v) is 8.39. The van der Waals surface area contributed by atoms with E-state index in [9.17, 15) is 14.9 Å². The zero-order valence-corrected chi connectivity index (χ0v) is 24.9. The van der Waals surface area contributed by atoms with Crippen molar-refractivity contribution in [3.63, 3.8) is 0 Å². The standard InChI is InChI=1S/C30H51N5O5/c1-4-8-24-11-13-30(22-31,14-12-24)34-27(36)26(21-25-9-6-5-7-10-25)32-28(35-15-17-38-18-16-35)33-29(37)40-20-19-39-23(2)3/h23-26H,4-21H2,1-3H3,(H,34,36)(H,32,33,37)/t24?,26-,30?/m0/s1. The molecule has 3 fully saturated rings. The molecule has 10 nitrogen and oxygen atoms in total. The van der Waals surface area contributed by atoms with Crippen LogP contribution in [0, 0.1) is 23.2 Å². The molecule has 3 aliphatic rings. The number of ether oxygens (including phenoxy) is 3. The Morgan fingerprint density at radius 3 is 2.40 bits per heavy atom. The maximum atomic E-state index is 13.9. The van der Waals surface area contributed by atoms with Gasteiger partial charge in [0.1, 0.15) is 18.2 Å². The molecule has 0 bridgehead atoms. The zero-order valence-electron chi connectivity index (χ0n) is 24.9. The fraction of sp³-hybridized carbons (Fsp3) is 0.867. The molecular weight excluding hydrogens is 510 g/mol. The summed E-state index contributed by atoms with van der Waals surface area (Å²) in [5.74, 6) is 1.10. The highest BCUT2D eigenvalue weighted by Crippen LogP contribution is 2.35. The Hall–Kier alpha value is -2.38. The normalized spacial score (nSPS) is 25.2. The van der Waals surface area contributed by atoms with E-state index in [4.69, 9.17) is 19.2 Å². The Morgan fingerprint density at radius 1 is 1.07 bits per heavy atom. The van der Waals surface area contributed by atoms with Gasteiger partial charge >= 0.3 is 6.09 Å². The highest BCUT2D eigenvalue weighted by molar-refractivity contribution is 5.96. The number of hydrogen-bond acceptors (Lipinski definition) is 7. The van der Waals surface area contributed by atoms with Crippen molar-refractivity contribution in [3.8, 4) is 6.07 Å². The van der Waals surface area contributed by atoms with Gasteiger partial charge in [-0.15, -0.1) is 0 Å². The number of aliphatic imine (C=N–C) groups is 1. The number of nitrogens with one attached hydrogen (secondary N) is 2. The average Bonchev–Trinajstić information content (AvgIpc) is 2.96. The molecule has 0 radical (unpaired) electrons. The molecule has 0 aromatic rings. The third-order valence-electron chi connectivity index (χ3n) is 8.39. The first-order chi connectivity index (χ1) is 19.3. The summed E-state index contributed by atoms with van der Waals surface area (Å²) in [6.45, 7) is 8.58. The number of nitriles is 1. The van der Waals surface area contributed by atoms with Gasteiger partial charge in [0.25, 0.3) is 0 Å². The van der Waals surface area contributed by atoms with Gasteiger partial charge in [-0.2, -0.15) is 5.26 Å². The maximum Gasteiger partial charge on any atom is 0.414 e. The summed E-state index contributed by atoms with van der Waals surface area (Å²) in [7, 11) is 0. The minimum atomic E-state index is -0.858. The summed E-state index contributed by atoms with van der Waals surface area (Å²) in [5.41, 5.74) is -0.858. The lowest BCUT2D eigenvalue weighted by Gasteiger charge is -2.37. The number of carbonyl (C=O) groups is 2. The second-order valence-corrected chi connectivity index (χ2v) is 11.9. The smallest absolute Gasteiger partial charge is 0.414 e. The Labute approximate surface area is 240 Å². The number of alkyl carbamates (subject to hydrolysis) is 1. The number of hydrogen-bond donors (Lipinski definition) is 2. The summed E-state index contributed by atoms with van der Waals surface area (Å²) >= 11 is 0. The van der Waals surface area contributed by atoms with Crippen LogP contribution in [0.1, 0.15) is 97.8 Å². The van der Waals surface area contributed by atoms with Crippen LogP contribution in [0.4, 0.5) is 4.79 Å². The first-order valence-electron chi connectivity index (χ1n) is 15.5. The lowest BCUT2D eigenvalue weighted by Crippen LogP contribution is -2.54. The Kier molecular flexibility index (Phi) is 13.5. The highest BCUT2D eigenvalue weighted by atomic mass is 16.6. The van der Waals surface area contributed by atoms with Crippen LogP contribution in [0.2, 0.25) is 0 Å². The second kappa shape index (κ2) is 16.8. The predicted molar refractivity (Wildman–Crippen MR) is 154 cm³/mol. The molecule has 226 valence electrons. The predicted octanol–water partition coefficient (Wildman–Crippen LogP) is 4.53. The van der Waals surface area contributed by atoms with Crippen LogP contribution in [0.15, 0.2) is 4.99 Å². The van der Waals surface area contributed by atoms with Gasteiger partial charge in [-0.25, -0.2) is 9.79 Å². The van der Waals surface area contributed by atoms with E-state index < -0.39 is 17.7 Å². The van der Waals surface area contributed by atoms with Crippen molar-refractivity contribution in [2.45, 2.75) is 116 Å². The average molecular weight is 562 g/mol. The molecule has 0 aromatic carbocycles. The van der Waals surface area contributed by atoms with Crippen LogP contribution in [0.3, 0.4) is 0 Å². The summed E-state index contributed by atoms with van der Waals surface area (Å²) < 4.78 is 16.3. The van der Waals surface area contributed by atoms with Crippen molar-refractivity contribution in [1.82, 2.24) is 15.5 Å². The molecule has 2 aliphatic carbocycles. The molecule has 0 unspecified atom stereocenters. The number of morpholine rings is 1. The fourth-order valence-corrected chi connectivity index (χ4v) is 6.07. The lowest BCUT2D eigenvalue weighted by atomic mass is 9.75. The highest BCUT2D eigenvalue weighted by Gasteiger charge is 2.39. The molecular formula is C30H51N5O5. The minimum absolute atomic E-state index is 0.0505. The van der Waals surface area contributed by atoms with E-state index in [1.165, 1.54) is 12.8 Å². The molecule has 2 amide bonds. The molecule has 1 aliphatic heterocycles. The second-order valence-electron chi connectivity index (χ2n) is 11.9. The van der Waals surface area contributed by atoms with Crippen molar-refractivity contribution in [1.29, 1.82) is 5.26 Å². The summed E-state index contributed by atoms with van der Waals surface area (Å²) in [4.78, 5) is 33.4. The summed E-state index contributed by atoms with van der Waals surface area (Å²) in [5, 5.41) is 16.1. The van der Waals surface area contributed by atoms with Crippen LogP contribution in [0.5, 0.6) is 0 Å². The molecule has 2 saturated carbocycles. The van der Waals surface area contributed by atoms with Crippen molar-refractivity contribution in [2.24, 2.45) is 16.8 Å². The Balaban J connectivity index is 1.77. The quantitative estimate of drug-likeness (QED) is 0.216. The van der Waals surface area contributed by atoms with Gasteiger partial charge in [0.15, 0.2) is 0 Å². The number of nitrogens with zero attached hydrogens (tertiary/aromatic N) is 3. The first kappa shape index (κ1) is 32.1. The Bertz CT molecular complexity index is 853. The third kappa shape index (κ3) is 10.5. The number of rotatable bonds is 11. The maximum absolute atomic E-state index is 13.9. The molecule has 10 heteroatoms. The van der Waals surface area contributed by atoms with E-state index in [1.807, 2.05) is 18.7 Å². The van der Waals surface area contributed by atoms with E-state index in [2.05, 4.69) is 23.6 Å². The molecule has 2 N–H and O–H groups in total. The van der Waals surface area contributed by atoms with Gasteiger partial charge < -0.3 is 24.4 Å². The first-order valence-corrected chi connectivity index (χ1v) is 15.5. The van der Waals surface area contributed by atoms with Gasteiger partial charge in [0.05, 0.1) is 32.0 Å². The van der Waals surface area contributed by atoms with E-state index >= 15 is 0 Å². The summed E-state index contributed by atoms with van der Waals surface area (Å²) in [6, 6.07) is 1.74. The topological polar surface area (TPSA) is 125 Å². The minimum Gasteiger partial charge on any atom is -0.447 e. The monoisotopic (exact) mass is 561 g/mol. The van der Waals surface area contributed by atoms with Gasteiger partial charge in [0, 0.05) is 13.1 Å². The van der Waals surface area contributed by atoms with E-state index in [1.54, 1.807) is 0 Å². The van der Waals surface area contributed by atoms with Crippen LogP contribution < -0.4 is 10.6 Å². The van der Waals surface area contributed by atoms with Gasteiger partial charge in [-0.3, -0.25) is 10.1 Å². The van der Waals surface area contributed by atoms with Gasteiger partial charge in [0.2, 0.25) is 11.9 Å².